The highest BCUT2D eigenvalue weighted by Gasteiger charge is 2.54. The minimum atomic E-state index is -5.08. The van der Waals surface area contributed by atoms with Gasteiger partial charge in [0.15, 0.2) is 0 Å². The van der Waals surface area contributed by atoms with E-state index in [1.54, 1.807) is 30.3 Å². The monoisotopic (exact) mass is 520 g/mol. The summed E-state index contributed by atoms with van der Waals surface area (Å²) in [5.74, 6) is -4.98. The SMILES string of the molecule is NC(=O)OCC1=C(C(=O)O)N2C(=O)[C@@H](NC(=O)C(N)c3ccccc3)[C@@H]2SC1.O=C(O)C(F)(F)F. The molecule has 35 heavy (non-hydrogen) atoms. The largest absolute Gasteiger partial charge is 0.490 e. The molecule has 1 aromatic rings. The molecular weight excluding hydrogens is 501 g/mol. The van der Waals surface area contributed by atoms with E-state index < -0.39 is 53.5 Å². The number of nitrogens with zero attached hydrogens (tertiary/aromatic N) is 1. The number of carbonyl (C=O) groups excluding carboxylic acids is 3. The highest BCUT2D eigenvalue weighted by atomic mass is 32.2. The lowest BCUT2D eigenvalue weighted by Crippen LogP contribution is -2.71. The Kier molecular flexibility index (Phi) is 8.70. The second-order valence-corrected chi connectivity index (χ2v) is 8.06. The third-order valence-corrected chi connectivity index (χ3v) is 5.96. The maximum Gasteiger partial charge on any atom is 0.490 e. The number of aliphatic carboxylic acids is 2. The molecule has 0 spiro atoms. The van der Waals surface area contributed by atoms with Gasteiger partial charge in [-0.15, -0.1) is 11.8 Å². The number of fused-ring (bicyclic) bond motifs is 1. The predicted octanol–water partition coefficient (Wildman–Crippen LogP) is 0.154. The number of halogens is 3. The zero-order valence-corrected chi connectivity index (χ0v) is 18.3. The zero-order chi connectivity index (χ0) is 26.5. The Morgan fingerprint density at radius 2 is 1.77 bits per heavy atom. The van der Waals surface area contributed by atoms with E-state index in [1.807, 2.05) is 0 Å². The molecule has 2 aliphatic heterocycles. The van der Waals surface area contributed by atoms with Gasteiger partial charge in [-0.25, -0.2) is 14.4 Å². The Bertz CT molecular complexity index is 1050. The first-order valence-corrected chi connectivity index (χ1v) is 10.5. The highest BCUT2D eigenvalue weighted by Crippen LogP contribution is 2.40. The number of hydrogen-bond acceptors (Lipinski definition) is 8. The van der Waals surface area contributed by atoms with E-state index in [4.69, 9.17) is 21.4 Å². The van der Waals surface area contributed by atoms with Crippen LogP contribution in [0.3, 0.4) is 0 Å². The minimum absolute atomic E-state index is 0.209. The first-order valence-electron chi connectivity index (χ1n) is 9.49. The van der Waals surface area contributed by atoms with Crippen LogP contribution >= 0.6 is 11.8 Å². The van der Waals surface area contributed by atoms with Crippen LogP contribution in [-0.4, -0.2) is 74.9 Å². The van der Waals surface area contributed by atoms with Crippen molar-refractivity contribution in [1.82, 2.24) is 10.2 Å². The number of hydrogen-bond donors (Lipinski definition) is 5. The van der Waals surface area contributed by atoms with Gasteiger partial charge in [0.2, 0.25) is 5.91 Å². The number of rotatable bonds is 6. The Balaban J connectivity index is 0.000000540. The van der Waals surface area contributed by atoms with Crippen molar-refractivity contribution in [1.29, 1.82) is 0 Å². The molecule has 190 valence electrons. The van der Waals surface area contributed by atoms with Gasteiger partial charge in [0.05, 0.1) is 0 Å². The third-order valence-electron chi connectivity index (χ3n) is 4.62. The molecule has 12 nitrogen and oxygen atoms in total. The highest BCUT2D eigenvalue weighted by molar-refractivity contribution is 8.00. The molecule has 1 unspecified atom stereocenters. The molecule has 1 aromatic carbocycles. The number of carboxylic acid groups (broad SMARTS) is 2. The Labute approximate surface area is 199 Å². The lowest BCUT2D eigenvalue weighted by atomic mass is 10.0. The summed E-state index contributed by atoms with van der Waals surface area (Å²) in [6, 6.07) is 6.84. The van der Waals surface area contributed by atoms with Gasteiger partial charge >= 0.3 is 24.2 Å². The Morgan fingerprint density at radius 1 is 1.20 bits per heavy atom. The van der Waals surface area contributed by atoms with Gasteiger partial charge in [-0.2, -0.15) is 13.2 Å². The van der Waals surface area contributed by atoms with Crippen LogP contribution in [0.15, 0.2) is 41.6 Å². The number of β-lactam (4-membered cyclic amide) rings is 1. The minimum Gasteiger partial charge on any atom is -0.477 e. The number of alkyl halides is 3. The summed E-state index contributed by atoms with van der Waals surface area (Å²) in [5.41, 5.74) is 11.4. The summed E-state index contributed by atoms with van der Waals surface area (Å²) in [6.07, 6.45) is -6.13. The van der Waals surface area contributed by atoms with E-state index in [2.05, 4.69) is 10.1 Å². The number of carboxylic acids is 2. The summed E-state index contributed by atoms with van der Waals surface area (Å²) in [6.45, 7) is -0.323. The number of ether oxygens (including phenoxy) is 1. The predicted molar refractivity (Wildman–Crippen MR) is 112 cm³/mol. The standard InChI is InChI=1S/C17H18N4O6S.C2HF3O2/c18-10(8-4-2-1-3-5-8)13(22)20-11-14(23)21-12(16(24)25)9(6-27-17(19)26)7-28-15(11)21;3-2(4,5)1(6)7/h1-5,10-11,15H,6-7,18H2,(H2,19,26)(H,20,22)(H,24,25);(H,6,7)/t10?,11-,15+;/m1./s1. The fourth-order valence-corrected chi connectivity index (χ4v) is 4.33. The molecule has 7 N–H and O–H groups in total. The van der Waals surface area contributed by atoms with Crippen molar-refractivity contribution in [2.45, 2.75) is 23.6 Å². The third kappa shape index (κ3) is 6.63. The van der Waals surface area contributed by atoms with Crippen molar-refractivity contribution in [2.24, 2.45) is 11.5 Å². The van der Waals surface area contributed by atoms with E-state index in [9.17, 15) is 37.5 Å². The van der Waals surface area contributed by atoms with Gasteiger partial charge in [0.1, 0.15) is 29.8 Å². The number of thioether (sulfide) groups is 1. The molecule has 1 fully saturated rings. The number of carbonyl (C=O) groups is 5. The van der Waals surface area contributed by atoms with Crippen LogP contribution in [-0.2, 0) is 23.9 Å². The maximum absolute atomic E-state index is 12.5. The number of nitrogens with two attached hydrogens (primary N) is 2. The molecule has 2 aliphatic rings. The molecule has 3 rings (SSSR count). The van der Waals surface area contributed by atoms with Crippen molar-refractivity contribution in [3.05, 3.63) is 47.2 Å². The molecule has 2 heterocycles. The second-order valence-electron chi connectivity index (χ2n) is 6.95. The molecule has 0 aromatic heterocycles. The molecular formula is C19H19F3N4O8S. The van der Waals surface area contributed by atoms with Crippen molar-refractivity contribution in [3.63, 3.8) is 0 Å². The van der Waals surface area contributed by atoms with Crippen LogP contribution in [0.4, 0.5) is 18.0 Å². The first-order chi connectivity index (χ1) is 16.3. The average Bonchev–Trinajstić information content (AvgIpc) is 2.79. The fourth-order valence-electron chi connectivity index (χ4n) is 3.01. The van der Waals surface area contributed by atoms with Crippen LogP contribution in [0.1, 0.15) is 11.6 Å². The van der Waals surface area contributed by atoms with Crippen LogP contribution in [0.2, 0.25) is 0 Å². The smallest absolute Gasteiger partial charge is 0.477 e. The molecule has 1 saturated heterocycles. The summed E-state index contributed by atoms with van der Waals surface area (Å²) in [5, 5.41) is 18.6. The van der Waals surface area contributed by atoms with Crippen molar-refractivity contribution in [2.75, 3.05) is 12.4 Å². The summed E-state index contributed by atoms with van der Waals surface area (Å²) < 4.78 is 36.4. The van der Waals surface area contributed by atoms with Crippen LogP contribution in [0, 0.1) is 0 Å². The van der Waals surface area contributed by atoms with E-state index >= 15 is 0 Å². The van der Waals surface area contributed by atoms with Crippen molar-refractivity contribution >= 4 is 41.6 Å². The summed E-state index contributed by atoms with van der Waals surface area (Å²) in [7, 11) is 0. The number of nitrogens with one attached hydrogen (secondary N) is 1. The van der Waals surface area contributed by atoms with E-state index in [0.29, 0.717) is 5.56 Å². The Morgan fingerprint density at radius 3 is 2.26 bits per heavy atom. The zero-order valence-electron chi connectivity index (χ0n) is 17.5. The van der Waals surface area contributed by atoms with Crippen molar-refractivity contribution in [3.8, 4) is 0 Å². The van der Waals surface area contributed by atoms with Gasteiger partial charge in [-0.05, 0) is 5.56 Å². The second kappa shape index (κ2) is 11.1. The van der Waals surface area contributed by atoms with Gasteiger partial charge in [-0.1, -0.05) is 30.3 Å². The number of benzene rings is 1. The molecule has 3 amide bonds. The quantitative estimate of drug-likeness (QED) is 0.321. The lowest BCUT2D eigenvalue weighted by molar-refractivity contribution is -0.192. The Hall–Kier alpha value is -3.79. The molecule has 0 bridgehead atoms. The van der Waals surface area contributed by atoms with Gasteiger partial charge in [0.25, 0.3) is 5.91 Å². The van der Waals surface area contributed by atoms with Crippen molar-refractivity contribution < 1.29 is 52.1 Å². The molecule has 16 heteroatoms. The summed E-state index contributed by atoms with van der Waals surface area (Å²) >= 11 is 1.25. The van der Waals surface area contributed by atoms with Gasteiger partial charge in [-0.3, -0.25) is 14.5 Å². The van der Waals surface area contributed by atoms with E-state index in [-0.39, 0.29) is 23.6 Å². The van der Waals surface area contributed by atoms with E-state index in [0.717, 1.165) is 4.90 Å². The lowest BCUT2D eigenvalue weighted by Gasteiger charge is -2.49. The van der Waals surface area contributed by atoms with Crippen LogP contribution in [0.5, 0.6) is 0 Å². The molecule has 0 radical (unpaired) electrons. The van der Waals surface area contributed by atoms with Gasteiger partial charge in [0, 0.05) is 11.3 Å². The molecule has 3 atom stereocenters. The topological polar surface area (TPSA) is 202 Å². The van der Waals surface area contributed by atoms with Gasteiger partial charge < -0.3 is 31.7 Å². The number of amides is 3. The maximum atomic E-state index is 12.5. The summed E-state index contributed by atoms with van der Waals surface area (Å²) in [4.78, 5) is 57.3. The van der Waals surface area contributed by atoms with E-state index in [1.165, 1.54) is 11.8 Å². The number of primary amides is 1. The van der Waals surface area contributed by atoms with Crippen LogP contribution in [0.25, 0.3) is 0 Å². The first kappa shape index (κ1) is 27.5. The molecule has 0 saturated carbocycles. The fraction of sp³-hybridized carbons (Fsp3) is 0.316. The molecule has 0 aliphatic carbocycles. The normalized spacial score (nSPS) is 19.9. The van der Waals surface area contributed by atoms with Crippen LogP contribution < -0.4 is 16.8 Å². The average molecular weight is 520 g/mol.